The Morgan fingerprint density at radius 3 is 2.51 bits per heavy atom. The van der Waals surface area contributed by atoms with E-state index in [2.05, 4.69) is 62.5 Å². The van der Waals surface area contributed by atoms with Crippen molar-refractivity contribution in [1.29, 1.82) is 0 Å². The number of nitrogens with one attached hydrogen (secondary N) is 2. The van der Waals surface area contributed by atoms with Crippen LogP contribution in [0, 0.1) is 18.8 Å². The van der Waals surface area contributed by atoms with E-state index < -0.39 is 5.91 Å². The Hall–Kier alpha value is -3.48. The Morgan fingerprint density at radius 1 is 1.32 bits per heavy atom. The first kappa shape index (κ1) is 29.7. The first-order valence-corrected chi connectivity index (χ1v) is 12.8. The SMILES string of the molecule is CC\C=C(NC)/C(=C\C(Oc1c(C)cc(N2N=C(N)C(=O)NC2=C=O)cc1Cl)=C(/C)CC)C(C)C(C)C. The van der Waals surface area contributed by atoms with Crippen molar-refractivity contribution in [3.05, 3.63) is 63.3 Å². The lowest BCUT2D eigenvalue weighted by atomic mass is 9.87. The topological polar surface area (TPSA) is 109 Å². The maximum atomic E-state index is 11.8. The molecule has 1 heterocycles. The number of aryl methyl sites for hydroxylation is 1. The van der Waals surface area contributed by atoms with Crippen LogP contribution in [0.5, 0.6) is 5.75 Å². The second-order valence-corrected chi connectivity index (χ2v) is 9.69. The molecule has 2 rings (SSSR count). The normalized spacial score (nSPS) is 16.2. The number of amidine groups is 1. The summed E-state index contributed by atoms with van der Waals surface area (Å²) in [6, 6.07) is 3.36. The molecule has 0 saturated carbocycles. The third kappa shape index (κ3) is 7.06. The molecule has 0 radical (unpaired) electrons. The van der Waals surface area contributed by atoms with Gasteiger partial charge in [0.15, 0.2) is 5.94 Å². The number of ether oxygens (including phenoxy) is 1. The van der Waals surface area contributed by atoms with Crippen LogP contribution in [0.1, 0.15) is 59.9 Å². The quantitative estimate of drug-likeness (QED) is 0.216. The molecule has 1 aromatic rings. The highest BCUT2D eigenvalue weighted by atomic mass is 35.5. The van der Waals surface area contributed by atoms with E-state index >= 15 is 0 Å². The summed E-state index contributed by atoms with van der Waals surface area (Å²) in [5.41, 5.74) is 10.1. The van der Waals surface area contributed by atoms with Gasteiger partial charge in [0.1, 0.15) is 11.5 Å². The third-order valence-corrected chi connectivity index (χ3v) is 6.65. The summed E-state index contributed by atoms with van der Waals surface area (Å²) in [6.45, 7) is 14.7. The van der Waals surface area contributed by atoms with Crippen LogP contribution in [-0.4, -0.2) is 24.7 Å². The van der Waals surface area contributed by atoms with Crippen molar-refractivity contribution in [3.63, 3.8) is 0 Å². The molecule has 1 aromatic carbocycles. The number of amides is 1. The number of hydrogen-bond acceptors (Lipinski definition) is 7. The molecular formula is C28H38ClN5O3. The molecule has 0 fully saturated rings. The van der Waals surface area contributed by atoms with Gasteiger partial charge in [-0.05, 0) is 73.4 Å². The fourth-order valence-corrected chi connectivity index (χ4v) is 3.99. The van der Waals surface area contributed by atoms with Gasteiger partial charge in [-0.2, -0.15) is 0 Å². The van der Waals surface area contributed by atoms with E-state index in [9.17, 15) is 9.59 Å². The molecule has 0 aliphatic carbocycles. The Balaban J connectivity index is 2.61. The molecule has 0 aromatic heterocycles. The largest absolute Gasteiger partial charge is 0.456 e. The lowest BCUT2D eigenvalue weighted by Gasteiger charge is -2.26. The number of nitrogens with zero attached hydrogens (tertiary/aromatic N) is 2. The minimum Gasteiger partial charge on any atom is -0.456 e. The smallest absolute Gasteiger partial charge is 0.294 e. The van der Waals surface area contributed by atoms with E-state index in [0.717, 1.165) is 35.4 Å². The van der Waals surface area contributed by atoms with Crippen molar-refractivity contribution in [2.45, 2.75) is 61.3 Å². The second-order valence-electron chi connectivity index (χ2n) is 9.28. The van der Waals surface area contributed by atoms with Crippen molar-refractivity contribution in [3.8, 4) is 5.75 Å². The summed E-state index contributed by atoms with van der Waals surface area (Å²) >= 11 is 6.70. The van der Waals surface area contributed by atoms with Crippen LogP contribution in [0.2, 0.25) is 5.02 Å². The van der Waals surface area contributed by atoms with Crippen LogP contribution in [0.15, 0.2) is 57.8 Å². The minimum atomic E-state index is -0.668. The summed E-state index contributed by atoms with van der Waals surface area (Å²) in [6.07, 6.45) is 5.98. The fourth-order valence-electron chi connectivity index (χ4n) is 3.69. The average Bonchev–Trinajstić information content (AvgIpc) is 2.87. The van der Waals surface area contributed by atoms with Gasteiger partial charge < -0.3 is 15.8 Å². The zero-order valence-corrected chi connectivity index (χ0v) is 23.7. The van der Waals surface area contributed by atoms with Crippen molar-refractivity contribution in [1.82, 2.24) is 10.6 Å². The highest BCUT2D eigenvalue weighted by molar-refractivity contribution is 6.38. The zero-order chi connectivity index (χ0) is 27.9. The number of nitrogens with two attached hydrogens (primary N) is 1. The van der Waals surface area contributed by atoms with E-state index in [-0.39, 0.29) is 17.6 Å². The van der Waals surface area contributed by atoms with Gasteiger partial charge >= 0.3 is 0 Å². The molecule has 0 saturated heterocycles. The number of hydrazone groups is 1. The van der Waals surface area contributed by atoms with Gasteiger partial charge in [-0.25, -0.2) is 9.80 Å². The molecule has 4 N–H and O–H groups in total. The van der Waals surface area contributed by atoms with E-state index in [1.807, 2.05) is 20.9 Å². The Labute approximate surface area is 225 Å². The van der Waals surface area contributed by atoms with Crippen LogP contribution in [0.3, 0.4) is 0 Å². The number of rotatable bonds is 10. The number of anilines is 1. The number of carbonyl (C=O) groups is 1. The van der Waals surface area contributed by atoms with Gasteiger partial charge in [-0.1, -0.05) is 52.3 Å². The van der Waals surface area contributed by atoms with Crippen LogP contribution < -0.4 is 26.1 Å². The number of carbonyl (C=O) groups excluding carboxylic acids is 2. The van der Waals surface area contributed by atoms with Crippen molar-refractivity contribution < 1.29 is 14.3 Å². The van der Waals surface area contributed by atoms with Crippen molar-refractivity contribution >= 4 is 35.0 Å². The molecule has 8 nitrogen and oxygen atoms in total. The minimum absolute atomic E-state index is 0.177. The monoisotopic (exact) mass is 527 g/mol. The van der Waals surface area contributed by atoms with Crippen LogP contribution in [0.4, 0.5) is 5.69 Å². The maximum absolute atomic E-state index is 11.8. The summed E-state index contributed by atoms with van der Waals surface area (Å²) in [5, 5.41) is 11.2. The predicted octanol–water partition coefficient (Wildman–Crippen LogP) is 5.32. The highest BCUT2D eigenvalue weighted by Crippen LogP contribution is 2.37. The number of halogens is 1. The average molecular weight is 528 g/mol. The number of hydrogen-bond donors (Lipinski definition) is 3. The fraction of sp³-hybridized carbons (Fsp3) is 0.429. The molecule has 1 atom stereocenters. The first-order valence-electron chi connectivity index (χ1n) is 12.5. The lowest BCUT2D eigenvalue weighted by molar-refractivity contribution is -0.114. The molecule has 1 unspecified atom stereocenters. The molecule has 37 heavy (non-hydrogen) atoms. The number of likely N-dealkylation sites (N-methyl/N-ethyl adjacent to an activating group) is 1. The summed E-state index contributed by atoms with van der Waals surface area (Å²) < 4.78 is 6.48. The second kappa shape index (κ2) is 13.2. The third-order valence-electron chi connectivity index (χ3n) is 6.37. The van der Waals surface area contributed by atoms with Crippen molar-refractivity contribution in [2.75, 3.05) is 12.1 Å². The van der Waals surface area contributed by atoms with Crippen LogP contribution >= 0.6 is 11.6 Å². The zero-order valence-electron chi connectivity index (χ0n) is 23.0. The molecule has 200 valence electrons. The van der Waals surface area contributed by atoms with Crippen LogP contribution in [-0.2, 0) is 9.59 Å². The predicted molar refractivity (Wildman–Crippen MR) is 151 cm³/mol. The van der Waals surface area contributed by atoms with Gasteiger partial charge in [0, 0.05) is 12.7 Å². The van der Waals surface area contributed by atoms with E-state index in [0.29, 0.717) is 27.9 Å². The first-order chi connectivity index (χ1) is 17.5. The highest BCUT2D eigenvalue weighted by Gasteiger charge is 2.26. The molecule has 1 amide bonds. The Kier molecular flexibility index (Phi) is 10.6. The van der Waals surface area contributed by atoms with Crippen LogP contribution in [0.25, 0.3) is 0 Å². The molecule has 0 bridgehead atoms. The van der Waals surface area contributed by atoms with Gasteiger partial charge in [0.2, 0.25) is 11.7 Å². The molecule has 1 aliphatic rings. The number of allylic oxidation sites excluding steroid dienone is 4. The van der Waals surface area contributed by atoms with E-state index in [1.54, 1.807) is 18.1 Å². The van der Waals surface area contributed by atoms with Gasteiger partial charge in [-0.15, -0.1) is 5.10 Å². The Morgan fingerprint density at radius 2 is 2.00 bits per heavy atom. The summed E-state index contributed by atoms with van der Waals surface area (Å²) in [5.74, 6) is 2.46. The Bertz CT molecular complexity index is 1180. The van der Waals surface area contributed by atoms with Gasteiger partial charge in [0.05, 0.1) is 10.7 Å². The van der Waals surface area contributed by atoms with Gasteiger partial charge in [-0.3, -0.25) is 10.1 Å². The van der Waals surface area contributed by atoms with E-state index in [1.165, 1.54) is 5.01 Å². The standard InChI is InChI=1S/C28H38ClN5O3/c1-9-11-23(31-8)21(19(7)16(3)4)14-24(17(5)10-2)37-26-18(6)12-20(13-22(26)29)34-25(15-35)32-28(36)27(30)33-34/h11-14,16,19,31H,9-10H2,1-8H3,(H2,30,33)(H,32,36)/b21-14-,23-11+,24-17-. The number of benzene rings is 1. The maximum Gasteiger partial charge on any atom is 0.294 e. The molecule has 9 heteroatoms. The molecular weight excluding hydrogens is 490 g/mol. The lowest BCUT2D eigenvalue weighted by Crippen LogP contribution is -2.46. The van der Waals surface area contributed by atoms with Crippen molar-refractivity contribution in [2.24, 2.45) is 22.7 Å². The summed E-state index contributed by atoms with van der Waals surface area (Å²) in [4.78, 5) is 23.2. The van der Waals surface area contributed by atoms with E-state index in [4.69, 9.17) is 22.1 Å². The van der Waals surface area contributed by atoms with Gasteiger partial charge in [0.25, 0.3) is 5.91 Å². The molecule has 0 spiro atoms. The summed E-state index contributed by atoms with van der Waals surface area (Å²) in [7, 11) is 1.93. The molecule has 1 aliphatic heterocycles.